The first-order valence-electron chi connectivity index (χ1n) is 12.6. The molecule has 5 rings (SSSR count). The molecule has 4 aromatic rings. The molecule has 5 nitrogen and oxygen atoms in total. The van der Waals surface area contributed by atoms with Gasteiger partial charge in [-0.3, -0.25) is 4.79 Å². The number of carbonyl (C=O) groups is 1. The van der Waals surface area contributed by atoms with Gasteiger partial charge in [-0.15, -0.1) is 0 Å². The summed E-state index contributed by atoms with van der Waals surface area (Å²) in [5.41, 5.74) is 4.50. The Balaban J connectivity index is 1.28. The molecule has 5 heteroatoms. The van der Waals surface area contributed by atoms with Gasteiger partial charge < -0.3 is 20.9 Å². The van der Waals surface area contributed by atoms with E-state index in [2.05, 4.69) is 94.4 Å². The second kappa shape index (κ2) is 10.8. The molecule has 1 atom stereocenters. The van der Waals surface area contributed by atoms with Crippen molar-refractivity contribution in [2.24, 2.45) is 5.92 Å². The fourth-order valence-corrected chi connectivity index (χ4v) is 5.06. The number of aromatic amines is 1. The molecular formula is C30H34N4O. The molecular weight excluding hydrogens is 432 g/mol. The summed E-state index contributed by atoms with van der Waals surface area (Å²) in [5.74, 6) is 0.200. The van der Waals surface area contributed by atoms with Crippen molar-refractivity contribution in [3.05, 3.63) is 96.3 Å². The number of aromatic nitrogens is 1. The first-order valence-corrected chi connectivity index (χ1v) is 12.6. The van der Waals surface area contributed by atoms with Crippen LogP contribution in [0.1, 0.15) is 24.0 Å². The zero-order valence-corrected chi connectivity index (χ0v) is 20.1. The van der Waals surface area contributed by atoms with Gasteiger partial charge in [0.2, 0.25) is 5.91 Å². The lowest BCUT2D eigenvalue weighted by Gasteiger charge is -2.27. The molecule has 0 unspecified atom stereocenters. The van der Waals surface area contributed by atoms with Crippen LogP contribution < -0.4 is 16.0 Å². The van der Waals surface area contributed by atoms with E-state index in [-0.39, 0.29) is 17.9 Å². The number of fused-ring (bicyclic) bond motifs is 2. The monoisotopic (exact) mass is 466 g/mol. The van der Waals surface area contributed by atoms with Gasteiger partial charge in [0.05, 0.1) is 6.04 Å². The molecule has 35 heavy (non-hydrogen) atoms. The molecule has 1 amide bonds. The average molecular weight is 467 g/mol. The van der Waals surface area contributed by atoms with E-state index in [0.29, 0.717) is 6.42 Å². The minimum atomic E-state index is -0.165. The van der Waals surface area contributed by atoms with Gasteiger partial charge in [-0.2, -0.15) is 0 Å². The molecule has 2 heterocycles. The van der Waals surface area contributed by atoms with E-state index in [1.165, 1.54) is 27.3 Å². The number of nitrogens with one attached hydrogen (secondary N) is 4. The summed E-state index contributed by atoms with van der Waals surface area (Å²) in [7, 11) is 0. The van der Waals surface area contributed by atoms with Crippen molar-refractivity contribution in [2.45, 2.75) is 31.7 Å². The van der Waals surface area contributed by atoms with Gasteiger partial charge in [0.1, 0.15) is 0 Å². The SMILES string of the molecule is C=C(NCCc1c[nH]c2ccccc12)[C@@H](Cc1ccc2ccccc2c1)NC(=O)C1CCNCC1. The fraction of sp³-hybridized carbons (Fsp3) is 0.300. The quantitative estimate of drug-likeness (QED) is 0.289. The number of benzene rings is 3. The van der Waals surface area contributed by atoms with Crippen molar-refractivity contribution in [3.8, 4) is 0 Å². The standard InChI is InChI=1S/C30H34N4O/c1-21(32-17-14-26-20-33-28-9-5-4-8-27(26)28)29(34-30(35)24-12-15-31-16-13-24)19-22-10-11-23-6-2-3-7-25(23)18-22/h2-11,18,20,24,29,31-33H,1,12-17,19H2,(H,34,35)/t29-/m1/s1. The van der Waals surface area contributed by atoms with Crippen molar-refractivity contribution in [2.75, 3.05) is 19.6 Å². The number of H-pyrrole nitrogens is 1. The molecule has 3 aromatic carbocycles. The van der Waals surface area contributed by atoms with Gasteiger partial charge in [-0.1, -0.05) is 67.2 Å². The highest BCUT2D eigenvalue weighted by Gasteiger charge is 2.24. The number of hydrogen-bond acceptors (Lipinski definition) is 3. The van der Waals surface area contributed by atoms with E-state index in [1.54, 1.807) is 0 Å². The van der Waals surface area contributed by atoms with Crippen molar-refractivity contribution in [1.82, 2.24) is 20.9 Å². The van der Waals surface area contributed by atoms with Gasteiger partial charge in [-0.25, -0.2) is 0 Å². The Hall–Kier alpha value is -3.57. The normalized spacial score (nSPS) is 15.2. The van der Waals surface area contributed by atoms with Gasteiger partial charge in [0.25, 0.3) is 0 Å². The lowest BCUT2D eigenvalue weighted by Crippen LogP contribution is -2.46. The molecule has 1 aromatic heterocycles. The smallest absolute Gasteiger partial charge is 0.223 e. The number of amides is 1. The summed E-state index contributed by atoms with van der Waals surface area (Å²) in [4.78, 5) is 16.5. The van der Waals surface area contributed by atoms with Crippen molar-refractivity contribution in [1.29, 1.82) is 0 Å². The Kier molecular flexibility index (Phi) is 7.15. The van der Waals surface area contributed by atoms with Crippen molar-refractivity contribution >= 4 is 27.6 Å². The summed E-state index contributed by atoms with van der Waals surface area (Å²) in [6.45, 7) is 6.91. The molecule has 0 radical (unpaired) electrons. The number of para-hydroxylation sites is 1. The molecule has 1 saturated heterocycles. The molecule has 1 aliphatic heterocycles. The highest BCUT2D eigenvalue weighted by atomic mass is 16.2. The number of hydrogen-bond donors (Lipinski definition) is 4. The van der Waals surface area contributed by atoms with Crippen LogP contribution in [0.25, 0.3) is 21.7 Å². The largest absolute Gasteiger partial charge is 0.387 e. The summed E-state index contributed by atoms with van der Waals surface area (Å²) in [5, 5.41) is 13.9. The number of piperidine rings is 1. The predicted molar refractivity (Wildman–Crippen MR) is 144 cm³/mol. The minimum Gasteiger partial charge on any atom is -0.387 e. The first-order chi connectivity index (χ1) is 17.2. The lowest BCUT2D eigenvalue weighted by molar-refractivity contribution is -0.126. The van der Waals surface area contributed by atoms with Crippen LogP contribution in [-0.4, -0.2) is 36.6 Å². The second-order valence-electron chi connectivity index (χ2n) is 9.53. The molecule has 0 bridgehead atoms. The zero-order chi connectivity index (χ0) is 24.0. The average Bonchev–Trinajstić information content (AvgIpc) is 3.31. The molecule has 4 N–H and O–H groups in total. The number of carbonyl (C=O) groups excluding carboxylic acids is 1. The third-order valence-corrected chi connectivity index (χ3v) is 7.12. The lowest BCUT2D eigenvalue weighted by atomic mass is 9.95. The Bertz CT molecular complexity index is 1320. The molecule has 0 saturated carbocycles. The Labute approximate surface area is 207 Å². The Morgan fingerprint density at radius 1 is 1.00 bits per heavy atom. The summed E-state index contributed by atoms with van der Waals surface area (Å²) in [6, 6.07) is 23.1. The van der Waals surface area contributed by atoms with Gasteiger partial charge in [-0.05, 0) is 66.7 Å². The summed E-state index contributed by atoms with van der Waals surface area (Å²) in [6.07, 6.45) is 5.44. The topological polar surface area (TPSA) is 69.0 Å². The maximum absolute atomic E-state index is 13.1. The minimum absolute atomic E-state index is 0.0642. The highest BCUT2D eigenvalue weighted by Crippen LogP contribution is 2.20. The van der Waals surface area contributed by atoms with Gasteiger partial charge in [0.15, 0.2) is 0 Å². The maximum atomic E-state index is 13.1. The second-order valence-corrected chi connectivity index (χ2v) is 9.53. The predicted octanol–water partition coefficient (Wildman–Crippen LogP) is 4.69. The van der Waals surface area contributed by atoms with Crippen molar-refractivity contribution in [3.63, 3.8) is 0 Å². The van der Waals surface area contributed by atoms with E-state index >= 15 is 0 Å². The molecule has 0 aliphatic carbocycles. The summed E-state index contributed by atoms with van der Waals surface area (Å²) < 4.78 is 0. The third kappa shape index (κ3) is 5.57. The van der Waals surface area contributed by atoms with Crippen LogP contribution in [0.2, 0.25) is 0 Å². The fourth-order valence-electron chi connectivity index (χ4n) is 5.06. The van der Waals surface area contributed by atoms with Gasteiger partial charge in [0, 0.05) is 35.3 Å². The van der Waals surface area contributed by atoms with E-state index in [1.807, 2.05) is 6.07 Å². The van der Waals surface area contributed by atoms with E-state index in [4.69, 9.17) is 0 Å². The molecule has 1 aliphatic rings. The highest BCUT2D eigenvalue weighted by molar-refractivity contribution is 5.84. The van der Waals surface area contributed by atoms with Crippen LogP contribution in [0.4, 0.5) is 0 Å². The van der Waals surface area contributed by atoms with E-state index in [0.717, 1.165) is 50.1 Å². The van der Waals surface area contributed by atoms with Crippen LogP contribution in [0, 0.1) is 5.92 Å². The van der Waals surface area contributed by atoms with E-state index in [9.17, 15) is 4.79 Å². The van der Waals surface area contributed by atoms with Crippen molar-refractivity contribution < 1.29 is 4.79 Å². The Morgan fingerprint density at radius 3 is 2.63 bits per heavy atom. The van der Waals surface area contributed by atoms with Crippen LogP contribution in [0.5, 0.6) is 0 Å². The first kappa shape index (κ1) is 23.2. The van der Waals surface area contributed by atoms with Crippen LogP contribution >= 0.6 is 0 Å². The van der Waals surface area contributed by atoms with Crippen LogP contribution in [-0.2, 0) is 17.6 Å². The van der Waals surface area contributed by atoms with Gasteiger partial charge >= 0.3 is 0 Å². The maximum Gasteiger partial charge on any atom is 0.223 e. The number of rotatable bonds is 9. The van der Waals surface area contributed by atoms with E-state index < -0.39 is 0 Å². The van der Waals surface area contributed by atoms with Crippen LogP contribution in [0.3, 0.4) is 0 Å². The zero-order valence-electron chi connectivity index (χ0n) is 20.1. The Morgan fingerprint density at radius 2 is 1.77 bits per heavy atom. The third-order valence-electron chi connectivity index (χ3n) is 7.12. The molecule has 180 valence electrons. The molecule has 1 fully saturated rings. The van der Waals surface area contributed by atoms with Crippen LogP contribution in [0.15, 0.2) is 85.2 Å². The molecule has 0 spiro atoms. The summed E-state index contributed by atoms with van der Waals surface area (Å²) >= 11 is 0.